The van der Waals surface area contributed by atoms with E-state index >= 15 is 0 Å². The van der Waals surface area contributed by atoms with Gasteiger partial charge in [0, 0.05) is 18.8 Å². The monoisotopic (exact) mass is 285 g/mol. The third-order valence-electron chi connectivity index (χ3n) is 2.36. The maximum Gasteiger partial charge on any atom is 0.410 e. The summed E-state index contributed by atoms with van der Waals surface area (Å²) in [4.78, 5) is 13.1. The van der Waals surface area contributed by atoms with Crippen molar-refractivity contribution in [3.05, 3.63) is 0 Å². The molecule has 1 amide bonds. The summed E-state index contributed by atoms with van der Waals surface area (Å²) in [6, 6.07) is 0. The van der Waals surface area contributed by atoms with Crippen LogP contribution in [0.4, 0.5) is 18.0 Å². The highest BCUT2D eigenvalue weighted by molar-refractivity contribution is 8.00. The summed E-state index contributed by atoms with van der Waals surface area (Å²) in [5.74, 6) is 0.281. The lowest BCUT2D eigenvalue weighted by Crippen LogP contribution is -2.38. The molecular formula is C11H18F3NO2S. The quantitative estimate of drug-likeness (QED) is 0.684. The van der Waals surface area contributed by atoms with E-state index in [-0.39, 0.29) is 18.7 Å². The first kappa shape index (κ1) is 15.5. The van der Waals surface area contributed by atoms with Crippen LogP contribution in [0.5, 0.6) is 0 Å². The van der Waals surface area contributed by atoms with Crippen molar-refractivity contribution in [3.63, 3.8) is 0 Å². The van der Waals surface area contributed by atoms with Crippen molar-refractivity contribution in [1.82, 2.24) is 4.90 Å². The Bertz CT molecular complexity index is 302. The van der Waals surface area contributed by atoms with Crippen molar-refractivity contribution >= 4 is 17.9 Å². The Labute approximate surface area is 109 Å². The number of carbonyl (C=O) groups excluding carboxylic acids is 1. The lowest BCUT2D eigenvalue weighted by molar-refractivity contribution is -0.130. The van der Waals surface area contributed by atoms with Crippen LogP contribution in [0.3, 0.4) is 0 Å². The van der Waals surface area contributed by atoms with Gasteiger partial charge in [-0.25, -0.2) is 4.79 Å². The van der Waals surface area contributed by atoms with E-state index in [2.05, 4.69) is 0 Å². The molecule has 18 heavy (non-hydrogen) atoms. The number of thioether (sulfide) groups is 1. The Hall–Kier alpha value is -0.590. The Kier molecular flexibility index (Phi) is 4.80. The highest BCUT2D eigenvalue weighted by atomic mass is 32.2. The highest BCUT2D eigenvalue weighted by Crippen LogP contribution is 2.34. The molecule has 7 heteroatoms. The van der Waals surface area contributed by atoms with Crippen LogP contribution < -0.4 is 0 Å². The zero-order valence-corrected chi connectivity index (χ0v) is 11.5. The Balaban J connectivity index is 2.54. The maximum atomic E-state index is 12.6. The standard InChI is InChI=1S/C11H18F3NO2S/c1-10(2,3)17-9(16)15-5-4-8(11(12,13)14)18-7-6-15/h8H,4-7H2,1-3H3. The van der Waals surface area contributed by atoms with Crippen LogP contribution in [0.15, 0.2) is 0 Å². The molecule has 0 aromatic rings. The molecule has 106 valence electrons. The van der Waals surface area contributed by atoms with Crippen molar-refractivity contribution in [3.8, 4) is 0 Å². The van der Waals surface area contributed by atoms with E-state index < -0.39 is 23.1 Å². The number of carbonyl (C=O) groups is 1. The zero-order chi connectivity index (χ0) is 14.0. The molecule has 1 fully saturated rings. The first-order chi connectivity index (χ1) is 8.09. The largest absolute Gasteiger partial charge is 0.444 e. The molecule has 1 saturated heterocycles. The van der Waals surface area contributed by atoms with Crippen molar-refractivity contribution in [2.75, 3.05) is 18.8 Å². The smallest absolute Gasteiger partial charge is 0.410 e. The van der Waals surface area contributed by atoms with Gasteiger partial charge in [0.25, 0.3) is 0 Å². The number of amides is 1. The van der Waals surface area contributed by atoms with Gasteiger partial charge in [0.05, 0.1) is 0 Å². The van der Waals surface area contributed by atoms with Crippen LogP contribution in [-0.4, -0.2) is 46.9 Å². The molecule has 0 saturated carbocycles. The minimum atomic E-state index is -4.20. The molecule has 0 aromatic carbocycles. The van der Waals surface area contributed by atoms with Gasteiger partial charge in [0.15, 0.2) is 0 Å². The van der Waals surface area contributed by atoms with Gasteiger partial charge in [-0.3, -0.25) is 0 Å². The van der Waals surface area contributed by atoms with Gasteiger partial charge in [-0.15, -0.1) is 11.8 Å². The number of hydrogen-bond donors (Lipinski definition) is 0. The third kappa shape index (κ3) is 4.96. The molecule has 0 N–H and O–H groups in total. The van der Waals surface area contributed by atoms with E-state index in [1.807, 2.05) is 0 Å². The molecular weight excluding hydrogens is 267 g/mol. The van der Waals surface area contributed by atoms with Gasteiger partial charge in [-0.1, -0.05) is 0 Å². The lowest BCUT2D eigenvalue weighted by atomic mass is 10.2. The van der Waals surface area contributed by atoms with Crippen LogP contribution in [0.2, 0.25) is 0 Å². The molecule has 1 atom stereocenters. The molecule has 1 heterocycles. The molecule has 0 aliphatic carbocycles. The normalized spacial score (nSPS) is 22.6. The third-order valence-corrected chi connectivity index (χ3v) is 3.68. The fourth-order valence-electron chi connectivity index (χ4n) is 1.54. The van der Waals surface area contributed by atoms with Crippen LogP contribution in [0, 0.1) is 0 Å². The van der Waals surface area contributed by atoms with E-state index in [1.54, 1.807) is 20.8 Å². The van der Waals surface area contributed by atoms with E-state index in [9.17, 15) is 18.0 Å². The minimum Gasteiger partial charge on any atom is -0.444 e. The summed E-state index contributed by atoms with van der Waals surface area (Å²) >= 11 is 0.856. The van der Waals surface area contributed by atoms with E-state index in [4.69, 9.17) is 4.74 Å². The first-order valence-electron chi connectivity index (χ1n) is 5.76. The first-order valence-corrected chi connectivity index (χ1v) is 6.81. The molecule has 1 unspecified atom stereocenters. The Morgan fingerprint density at radius 3 is 2.39 bits per heavy atom. The van der Waals surface area contributed by atoms with Crippen LogP contribution in [0.1, 0.15) is 27.2 Å². The number of alkyl halides is 3. The predicted octanol–water partition coefficient (Wildman–Crippen LogP) is 3.29. The van der Waals surface area contributed by atoms with E-state index in [0.29, 0.717) is 6.54 Å². The number of ether oxygens (including phenoxy) is 1. The molecule has 1 rings (SSSR count). The average Bonchev–Trinajstić information content (AvgIpc) is 2.38. The second kappa shape index (κ2) is 5.59. The summed E-state index contributed by atoms with van der Waals surface area (Å²) < 4.78 is 42.8. The van der Waals surface area contributed by atoms with Gasteiger partial charge in [-0.2, -0.15) is 13.2 Å². The summed E-state index contributed by atoms with van der Waals surface area (Å²) in [6.07, 6.45) is -4.81. The summed E-state index contributed by atoms with van der Waals surface area (Å²) in [5.41, 5.74) is -0.625. The van der Waals surface area contributed by atoms with Crippen LogP contribution >= 0.6 is 11.8 Å². The number of nitrogens with zero attached hydrogens (tertiary/aromatic N) is 1. The van der Waals surface area contributed by atoms with Crippen LogP contribution in [0.25, 0.3) is 0 Å². The number of rotatable bonds is 0. The van der Waals surface area contributed by atoms with Crippen molar-refractivity contribution in [2.24, 2.45) is 0 Å². The van der Waals surface area contributed by atoms with Gasteiger partial charge < -0.3 is 9.64 Å². The molecule has 0 spiro atoms. The van der Waals surface area contributed by atoms with Gasteiger partial charge in [0.2, 0.25) is 0 Å². The molecule has 3 nitrogen and oxygen atoms in total. The fraction of sp³-hybridized carbons (Fsp3) is 0.909. The molecule has 0 bridgehead atoms. The maximum absolute atomic E-state index is 12.6. The van der Waals surface area contributed by atoms with Gasteiger partial charge >= 0.3 is 12.3 Å². The van der Waals surface area contributed by atoms with Gasteiger partial charge in [0.1, 0.15) is 10.9 Å². The lowest BCUT2D eigenvalue weighted by Gasteiger charge is -2.26. The predicted molar refractivity (Wildman–Crippen MR) is 64.7 cm³/mol. The average molecular weight is 285 g/mol. The summed E-state index contributed by atoms with van der Waals surface area (Å²) in [5, 5.41) is -1.38. The zero-order valence-electron chi connectivity index (χ0n) is 10.7. The molecule has 1 aliphatic rings. The SMILES string of the molecule is CC(C)(C)OC(=O)N1CCSC(C(F)(F)F)CC1. The van der Waals surface area contributed by atoms with Crippen molar-refractivity contribution in [2.45, 2.75) is 44.2 Å². The highest BCUT2D eigenvalue weighted by Gasteiger charge is 2.41. The van der Waals surface area contributed by atoms with Crippen molar-refractivity contribution < 1.29 is 22.7 Å². The number of halogens is 3. The topological polar surface area (TPSA) is 29.5 Å². The Morgan fingerprint density at radius 1 is 1.28 bits per heavy atom. The van der Waals surface area contributed by atoms with Crippen LogP contribution in [-0.2, 0) is 4.74 Å². The second-order valence-electron chi connectivity index (χ2n) is 5.16. The minimum absolute atomic E-state index is 0.0760. The molecule has 1 aliphatic heterocycles. The fourth-order valence-corrected chi connectivity index (χ4v) is 2.61. The molecule has 0 aromatic heterocycles. The summed E-state index contributed by atoms with van der Waals surface area (Å²) in [6.45, 7) is 5.58. The molecule has 0 radical (unpaired) electrons. The van der Waals surface area contributed by atoms with E-state index in [0.717, 1.165) is 11.8 Å². The summed E-state index contributed by atoms with van der Waals surface area (Å²) in [7, 11) is 0. The number of hydrogen-bond acceptors (Lipinski definition) is 3. The van der Waals surface area contributed by atoms with Crippen molar-refractivity contribution in [1.29, 1.82) is 0 Å². The Morgan fingerprint density at radius 2 is 1.89 bits per heavy atom. The van der Waals surface area contributed by atoms with E-state index in [1.165, 1.54) is 4.90 Å². The second-order valence-corrected chi connectivity index (χ2v) is 6.47. The van der Waals surface area contributed by atoms with Gasteiger partial charge in [-0.05, 0) is 27.2 Å².